The summed E-state index contributed by atoms with van der Waals surface area (Å²) in [5.74, 6) is 0.0431. The van der Waals surface area contributed by atoms with Gasteiger partial charge in [-0.2, -0.15) is 0 Å². The van der Waals surface area contributed by atoms with E-state index in [2.05, 4.69) is 5.32 Å². The van der Waals surface area contributed by atoms with E-state index in [1.54, 1.807) is 19.2 Å². The highest BCUT2D eigenvalue weighted by atomic mass is 16.6. The number of hydrogen-bond donors (Lipinski definition) is 1. The fourth-order valence-corrected chi connectivity index (χ4v) is 2.84. The molecule has 1 N–H and O–H groups in total. The lowest BCUT2D eigenvalue weighted by molar-refractivity contribution is -0.385. The molecule has 0 bridgehead atoms. The number of non-ortho nitro benzene ring substituents is 1. The maximum absolute atomic E-state index is 12.2. The second-order valence-corrected chi connectivity index (χ2v) is 5.48. The highest BCUT2D eigenvalue weighted by Crippen LogP contribution is 2.36. The largest absolute Gasteiger partial charge is 0.332 e. The van der Waals surface area contributed by atoms with Crippen LogP contribution in [0.3, 0.4) is 0 Å². The van der Waals surface area contributed by atoms with Crippen molar-refractivity contribution >= 4 is 11.6 Å². The smallest absolute Gasteiger partial charge is 0.269 e. The van der Waals surface area contributed by atoms with Gasteiger partial charge in [-0.1, -0.05) is 0 Å². The third-order valence-electron chi connectivity index (χ3n) is 3.87. The van der Waals surface area contributed by atoms with Gasteiger partial charge in [0, 0.05) is 18.7 Å². The maximum Gasteiger partial charge on any atom is 0.269 e. The van der Waals surface area contributed by atoms with E-state index in [0.29, 0.717) is 19.5 Å². The summed E-state index contributed by atoms with van der Waals surface area (Å²) in [4.78, 5) is 24.4. The molecule has 0 aromatic heterocycles. The van der Waals surface area contributed by atoms with Gasteiger partial charge >= 0.3 is 0 Å². The van der Waals surface area contributed by atoms with Crippen LogP contribution in [0.15, 0.2) is 18.2 Å². The van der Waals surface area contributed by atoms with E-state index in [9.17, 15) is 14.9 Å². The van der Waals surface area contributed by atoms with Gasteiger partial charge in [-0.25, -0.2) is 0 Å². The second-order valence-electron chi connectivity index (χ2n) is 5.48. The molecule has 108 valence electrons. The molecule has 0 saturated carbocycles. The van der Waals surface area contributed by atoms with Crippen LogP contribution in [0.5, 0.6) is 0 Å². The van der Waals surface area contributed by atoms with Gasteiger partial charge in [-0.3, -0.25) is 14.9 Å². The molecule has 1 heterocycles. The molecule has 1 aromatic carbocycles. The topological polar surface area (TPSA) is 75.5 Å². The quantitative estimate of drug-likeness (QED) is 0.670. The van der Waals surface area contributed by atoms with Crippen LogP contribution in [-0.4, -0.2) is 35.9 Å². The van der Waals surface area contributed by atoms with Crippen LogP contribution < -0.4 is 5.32 Å². The van der Waals surface area contributed by atoms with Crippen LogP contribution in [0, 0.1) is 10.1 Å². The number of carbonyl (C=O) groups excluding carboxylic acids is 1. The van der Waals surface area contributed by atoms with Gasteiger partial charge < -0.3 is 10.2 Å². The first kappa shape index (κ1) is 14.5. The lowest BCUT2D eigenvalue weighted by Crippen LogP contribution is -2.52. The number of likely N-dealkylation sites (N-methyl/N-ethyl adjacent to an activating group) is 1. The molecule has 0 fully saturated rings. The van der Waals surface area contributed by atoms with E-state index in [0.717, 1.165) is 11.1 Å². The van der Waals surface area contributed by atoms with Crippen molar-refractivity contribution < 1.29 is 9.72 Å². The van der Waals surface area contributed by atoms with Crippen molar-refractivity contribution in [2.45, 2.75) is 25.8 Å². The molecule has 0 unspecified atom stereocenters. The third kappa shape index (κ3) is 2.38. The first-order chi connectivity index (χ1) is 9.37. The highest BCUT2D eigenvalue weighted by Gasteiger charge is 2.37. The van der Waals surface area contributed by atoms with Crippen LogP contribution in [0.4, 0.5) is 5.69 Å². The minimum Gasteiger partial charge on any atom is -0.332 e. The zero-order chi connectivity index (χ0) is 14.9. The van der Waals surface area contributed by atoms with Crippen molar-refractivity contribution in [3.63, 3.8) is 0 Å². The molecule has 1 aromatic rings. The summed E-state index contributed by atoms with van der Waals surface area (Å²) in [7, 11) is 1.74. The molecule has 0 radical (unpaired) electrons. The fourth-order valence-electron chi connectivity index (χ4n) is 2.84. The molecule has 0 spiro atoms. The molecule has 1 aliphatic rings. The molecular weight excluding hydrogens is 258 g/mol. The van der Waals surface area contributed by atoms with Crippen molar-refractivity contribution in [3.8, 4) is 0 Å². The number of nitro benzene ring substituents is 1. The Kier molecular flexibility index (Phi) is 3.76. The number of benzene rings is 1. The first-order valence-corrected chi connectivity index (χ1v) is 6.61. The Balaban J connectivity index is 2.38. The van der Waals surface area contributed by atoms with Gasteiger partial charge in [-0.15, -0.1) is 0 Å². The Morgan fingerprint density at radius 2 is 2.20 bits per heavy atom. The SMILES string of the molecule is CNCC(=O)N1CCc2cc([N+](=O)[O-])ccc2C1(C)C. The van der Waals surface area contributed by atoms with Crippen LogP contribution >= 0.6 is 0 Å². The van der Waals surface area contributed by atoms with Gasteiger partial charge in [0.25, 0.3) is 5.69 Å². The summed E-state index contributed by atoms with van der Waals surface area (Å²) in [6.45, 7) is 4.84. The number of amides is 1. The van der Waals surface area contributed by atoms with E-state index in [1.807, 2.05) is 18.7 Å². The molecule has 2 rings (SSSR count). The second kappa shape index (κ2) is 5.20. The lowest BCUT2D eigenvalue weighted by Gasteiger charge is -2.44. The first-order valence-electron chi connectivity index (χ1n) is 6.61. The van der Waals surface area contributed by atoms with E-state index in [1.165, 1.54) is 6.07 Å². The number of hydrogen-bond acceptors (Lipinski definition) is 4. The van der Waals surface area contributed by atoms with Crippen molar-refractivity contribution in [1.29, 1.82) is 0 Å². The summed E-state index contributed by atoms with van der Waals surface area (Å²) in [5, 5.41) is 13.7. The Bertz CT molecular complexity index is 555. The van der Waals surface area contributed by atoms with Crippen molar-refractivity contribution in [2.75, 3.05) is 20.1 Å². The molecule has 20 heavy (non-hydrogen) atoms. The minimum atomic E-state index is -0.448. The number of carbonyl (C=O) groups is 1. The van der Waals surface area contributed by atoms with Crippen LogP contribution in [0.25, 0.3) is 0 Å². The molecule has 0 atom stereocenters. The standard InChI is InChI=1S/C14H19N3O3/c1-14(2)12-5-4-11(17(19)20)8-10(12)6-7-16(14)13(18)9-15-3/h4-5,8,15H,6-7,9H2,1-3H3. The zero-order valence-electron chi connectivity index (χ0n) is 12.0. The van der Waals surface area contributed by atoms with E-state index >= 15 is 0 Å². The van der Waals surface area contributed by atoms with Crippen molar-refractivity contribution in [1.82, 2.24) is 10.2 Å². The van der Waals surface area contributed by atoms with Crippen LogP contribution in [0.1, 0.15) is 25.0 Å². The molecule has 1 aliphatic heterocycles. The molecule has 0 saturated heterocycles. The minimum absolute atomic E-state index is 0.0431. The number of fused-ring (bicyclic) bond motifs is 1. The number of nitrogens with zero attached hydrogens (tertiary/aromatic N) is 2. The average Bonchev–Trinajstić information content (AvgIpc) is 2.38. The lowest BCUT2D eigenvalue weighted by atomic mass is 9.83. The summed E-state index contributed by atoms with van der Waals surface area (Å²) in [6, 6.07) is 4.90. The zero-order valence-corrected chi connectivity index (χ0v) is 12.0. The molecule has 6 nitrogen and oxygen atoms in total. The number of nitrogens with one attached hydrogen (secondary N) is 1. The molecule has 1 amide bonds. The normalized spacial score (nSPS) is 16.6. The Hall–Kier alpha value is -1.95. The van der Waals surface area contributed by atoms with Crippen LogP contribution in [0.2, 0.25) is 0 Å². The maximum atomic E-state index is 12.2. The van der Waals surface area contributed by atoms with Crippen molar-refractivity contribution in [2.24, 2.45) is 0 Å². The predicted molar refractivity (Wildman–Crippen MR) is 75.5 cm³/mol. The summed E-state index contributed by atoms with van der Waals surface area (Å²) < 4.78 is 0. The van der Waals surface area contributed by atoms with E-state index in [-0.39, 0.29) is 16.5 Å². The molecule has 0 aliphatic carbocycles. The third-order valence-corrected chi connectivity index (χ3v) is 3.87. The highest BCUT2D eigenvalue weighted by molar-refractivity contribution is 5.79. The summed E-state index contributed by atoms with van der Waals surface area (Å²) >= 11 is 0. The molecular formula is C14H19N3O3. The average molecular weight is 277 g/mol. The predicted octanol–water partition coefficient (Wildman–Crippen LogP) is 1.43. The van der Waals surface area contributed by atoms with Gasteiger partial charge in [0.2, 0.25) is 5.91 Å². The fraction of sp³-hybridized carbons (Fsp3) is 0.500. The van der Waals surface area contributed by atoms with E-state index in [4.69, 9.17) is 0 Å². The van der Waals surface area contributed by atoms with Gasteiger partial charge in [0.15, 0.2) is 0 Å². The van der Waals surface area contributed by atoms with E-state index < -0.39 is 5.54 Å². The molecule has 6 heteroatoms. The Morgan fingerprint density at radius 3 is 2.80 bits per heavy atom. The summed E-state index contributed by atoms with van der Waals surface area (Å²) in [6.07, 6.45) is 0.649. The summed E-state index contributed by atoms with van der Waals surface area (Å²) in [5.41, 5.74) is 1.60. The number of rotatable bonds is 3. The van der Waals surface area contributed by atoms with Gasteiger partial charge in [0.05, 0.1) is 17.0 Å². The van der Waals surface area contributed by atoms with Gasteiger partial charge in [0.1, 0.15) is 0 Å². The van der Waals surface area contributed by atoms with Gasteiger partial charge in [-0.05, 0) is 44.5 Å². The number of nitro groups is 1. The Labute approximate surface area is 117 Å². The Morgan fingerprint density at radius 1 is 1.50 bits per heavy atom. The monoisotopic (exact) mass is 277 g/mol. The van der Waals surface area contributed by atoms with Crippen LogP contribution in [-0.2, 0) is 16.8 Å². The van der Waals surface area contributed by atoms with Crippen molar-refractivity contribution in [3.05, 3.63) is 39.4 Å².